The summed E-state index contributed by atoms with van der Waals surface area (Å²) in [6.07, 6.45) is 3.52. The van der Waals surface area contributed by atoms with Crippen LogP contribution in [0.2, 0.25) is 0 Å². The standard InChI is InChI=1S/C13H17N3O/c17-13(16-6-2-1-3-7-16)10-4-5-11-12(8-10)15-9-14-11/h4-5,8,14-15H,1-3,6-7,9H2. The molecule has 1 amide bonds. The SMILES string of the molecule is O=C(c1ccc2c(c1)NCN2)N1CCCCC1. The molecule has 2 aliphatic rings. The van der Waals surface area contributed by atoms with Crippen molar-refractivity contribution >= 4 is 17.3 Å². The Hall–Kier alpha value is -1.71. The minimum absolute atomic E-state index is 0.168. The topological polar surface area (TPSA) is 44.4 Å². The second-order valence-corrected chi connectivity index (χ2v) is 4.64. The van der Waals surface area contributed by atoms with Crippen LogP contribution in [0.4, 0.5) is 11.4 Å². The summed E-state index contributed by atoms with van der Waals surface area (Å²) in [4.78, 5) is 14.2. The van der Waals surface area contributed by atoms with Crippen molar-refractivity contribution in [3.05, 3.63) is 23.8 Å². The van der Waals surface area contributed by atoms with Gasteiger partial charge >= 0.3 is 0 Å². The lowest BCUT2D eigenvalue weighted by Gasteiger charge is -2.26. The van der Waals surface area contributed by atoms with Crippen LogP contribution < -0.4 is 10.6 Å². The zero-order valence-electron chi connectivity index (χ0n) is 9.83. The van der Waals surface area contributed by atoms with Crippen molar-refractivity contribution in [1.82, 2.24) is 4.90 Å². The Balaban J connectivity index is 1.81. The highest BCUT2D eigenvalue weighted by Crippen LogP contribution is 2.27. The quantitative estimate of drug-likeness (QED) is 0.778. The molecule has 1 saturated heterocycles. The Kier molecular flexibility index (Phi) is 2.63. The number of piperidine rings is 1. The lowest BCUT2D eigenvalue weighted by atomic mass is 10.1. The van der Waals surface area contributed by atoms with Gasteiger partial charge in [0.15, 0.2) is 0 Å². The molecular formula is C13H17N3O. The van der Waals surface area contributed by atoms with Gasteiger partial charge in [-0.2, -0.15) is 0 Å². The molecular weight excluding hydrogens is 214 g/mol. The van der Waals surface area contributed by atoms with Crippen molar-refractivity contribution in [2.75, 3.05) is 30.4 Å². The van der Waals surface area contributed by atoms with Crippen LogP contribution in [0.15, 0.2) is 18.2 Å². The Morgan fingerprint density at radius 3 is 2.65 bits per heavy atom. The highest BCUT2D eigenvalue weighted by Gasteiger charge is 2.19. The van der Waals surface area contributed by atoms with Gasteiger partial charge in [-0.25, -0.2) is 0 Å². The Morgan fingerprint density at radius 2 is 1.82 bits per heavy atom. The molecule has 1 aromatic carbocycles. The molecule has 0 aromatic heterocycles. The summed E-state index contributed by atoms with van der Waals surface area (Å²) in [5.41, 5.74) is 2.91. The van der Waals surface area contributed by atoms with E-state index in [0.717, 1.165) is 49.5 Å². The Morgan fingerprint density at radius 1 is 1.06 bits per heavy atom. The molecule has 0 atom stereocenters. The van der Waals surface area contributed by atoms with E-state index in [1.54, 1.807) is 0 Å². The minimum Gasteiger partial charge on any atom is -0.366 e. The predicted molar refractivity (Wildman–Crippen MR) is 68.3 cm³/mol. The summed E-state index contributed by atoms with van der Waals surface area (Å²) >= 11 is 0. The number of nitrogens with one attached hydrogen (secondary N) is 2. The minimum atomic E-state index is 0.168. The van der Waals surface area contributed by atoms with Crippen LogP contribution in [0.3, 0.4) is 0 Å². The fourth-order valence-electron chi connectivity index (χ4n) is 2.49. The van der Waals surface area contributed by atoms with Gasteiger partial charge in [0.25, 0.3) is 5.91 Å². The summed E-state index contributed by atoms with van der Waals surface area (Å²) < 4.78 is 0. The van der Waals surface area contributed by atoms with Crippen LogP contribution >= 0.6 is 0 Å². The first-order chi connectivity index (χ1) is 8.34. The van der Waals surface area contributed by atoms with Crippen LogP contribution in [0.5, 0.6) is 0 Å². The third kappa shape index (κ3) is 1.95. The fourth-order valence-corrected chi connectivity index (χ4v) is 2.49. The normalized spacial score (nSPS) is 18.2. The van der Waals surface area contributed by atoms with Crippen molar-refractivity contribution in [3.8, 4) is 0 Å². The molecule has 2 N–H and O–H groups in total. The van der Waals surface area contributed by atoms with Crippen LogP contribution in [0.1, 0.15) is 29.6 Å². The molecule has 90 valence electrons. The first kappa shape index (κ1) is 10.4. The zero-order valence-corrected chi connectivity index (χ0v) is 9.83. The second kappa shape index (κ2) is 4.28. The first-order valence-corrected chi connectivity index (χ1v) is 6.26. The summed E-state index contributed by atoms with van der Waals surface area (Å²) in [6, 6.07) is 5.84. The summed E-state index contributed by atoms with van der Waals surface area (Å²) in [5.74, 6) is 0.168. The number of likely N-dealkylation sites (tertiary alicyclic amines) is 1. The third-order valence-corrected chi connectivity index (χ3v) is 3.47. The van der Waals surface area contributed by atoms with Gasteiger partial charge in [0.05, 0.1) is 18.0 Å². The maximum Gasteiger partial charge on any atom is 0.253 e. The van der Waals surface area contributed by atoms with Gasteiger partial charge in [0.2, 0.25) is 0 Å². The van der Waals surface area contributed by atoms with E-state index in [-0.39, 0.29) is 5.91 Å². The van der Waals surface area contributed by atoms with E-state index in [1.807, 2.05) is 23.1 Å². The van der Waals surface area contributed by atoms with Crippen molar-refractivity contribution in [2.24, 2.45) is 0 Å². The Labute approximate surface area is 101 Å². The van der Waals surface area contributed by atoms with E-state index in [4.69, 9.17) is 0 Å². The monoisotopic (exact) mass is 231 g/mol. The molecule has 0 radical (unpaired) electrons. The molecule has 0 saturated carbocycles. The number of nitrogens with zero attached hydrogens (tertiary/aromatic N) is 1. The maximum absolute atomic E-state index is 12.3. The lowest BCUT2D eigenvalue weighted by Crippen LogP contribution is -2.35. The number of amides is 1. The van der Waals surface area contributed by atoms with E-state index >= 15 is 0 Å². The number of carbonyl (C=O) groups excluding carboxylic acids is 1. The average Bonchev–Trinajstić information content (AvgIpc) is 2.86. The van der Waals surface area contributed by atoms with Gasteiger partial charge in [-0.15, -0.1) is 0 Å². The number of benzene rings is 1. The first-order valence-electron chi connectivity index (χ1n) is 6.26. The van der Waals surface area contributed by atoms with Gasteiger partial charge in [0, 0.05) is 18.7 Å². The molecule has 0 unspecified atom stereocenters. The molecule has 0 bridgehead atoms. The second-order valence-electron chi connectivity index (χ2n) is 4.64. The van der Waals surface area contributed by atoms with Crippen LogP contribution in [0.25, 0.3) is 0 Å². The number of carbonyl (C=O) groups is 1. The molecule has 0 aliphatic carbocycles. The van der Waals surface area contributed by atoms with E-state index in [1.165, 1.54) is 6.42 Å². The van der Waals surface area contributed by atoms with Gasteiger partial charge < -0.3 is 15.5 Å². The van der Waals surface area contributed by atoms with E-state index in [0.29, 0.717) is 0 Å². The molecule has 17 heavy (non-hydrogen) atoms. The van der Waals surface area contributed by atoms with Crippen molar-refractivity contribution in [2.45, 2.75) is 19.3 Å². The molecule has 4 nitrogen and oxygen atoms in total. The molecule has 1 aromatic rings. The highest BCUT2D eigenvalue weighted by atomic mass is 16.2. The summed E-state index contributed by atoms with van der Waals surface area (Å²) in [5, 5.41) is 6.43. The molecule has 2 aliphatic heterocycles. The van der Waals surface area contributed by atoms with Crippen LogP contribution in [-0.2, 0) is 0 Å². The zero-order chi connectivity index (χ0) is 11.7. The molecule has 4 heteroatoms. The average molecular weight is 231 g/mol. The lowest BCUT2D eigenvalue weighted by molar-refractivity contribution is 0.0724. The molecule has 3 rings (SSSR count). The summed E-state index contributed by atoms with van der Waals surface area (Å²) in [6.45, 7) is 2.56. The van der Waals surface area contributed by atoms with Crippen LogP contribution in [0, 0.1) is 0 Å². The number of fused-ring (bicyclic) bond motifs is 1. The molecule has 1 fully saturated rings. The van der Waals surface area contributed by atoms with E-state index in [2.05, 4.69) is 10.6 Å². The number of hydrogen-bond donors (Lipinski definition) is 2. The predicted octanol–water partition coefficient (Wildman–Crippen LogP) is 2.11. The van der Waals surface area contributed by atoms with Crippen LogP contribution in [-0.4, -0.2) is 30.6 Å². The number of hydrogen-bond acceptors (Lipinski definition) is 3. The van der Waals surface area contributed by atoms with Crippen molar-refractivity contribution in [1.29, 1.82) is 0 Å². The smallest absolute Gasteiger partial charge is 0.253 e. The maximum atomic E-state index is 12.3. The largest absolute Gasteiger partial charge is 0.366 e. The van der Waals surface area contributed by atoms with Gasteiger partial charge in [-0.3, -0.25) is 4.79 Å². The fraction of sp³-hybridized carbons (Fsp3) is 0.462. The van der Waals surface area contributed by atoms with E-state index in [9.17, 15) is 4.79 Å². The van der Waals surface area contributed by atoms with Gasteiger partial charge in [0.1, 0.15) is 0 Å². The van der Waals surface area contributed by atoms with Crippen molar-refractivity contribution < 1.29 is 4.79 Å². The molecule has 2 heterocycles. The Bertz CT molecular complexity index is 438. The number of anilines is 2. The highest BCUT2D eigenvalue weighted by molar-refractivity contribution is 5.96. The third-order valence-electron chi connectivity index (χ3n) is 3.47. The van der Waals surface area contributed by atoms with Crippen molar-refractivity contribution in [3.63, 3.8) is 0 Å². The van der Waals surface area contributed by atoms with E-state index < -0.39 is 0 Å². The molecule has 0 spiro atoms. The van der Waals surface area contributed by atoms with Gasteiger partial charge in [-0.1, -0.05) is 0 Å². The summed E-state index contributed by atoms with van der Waals surface area (Å²) in [7, 11) is 0. The van der Waals surface area contributed by atoms with Gasteiger partial charge in [-0.05, 0) is 37.5 Å². The number of rotatable bonds is 1.